The van der Waals surface area contributed by atoms with Crippen LogP contribution in [0.15, 0.2) is 84.9 Å². The molecule has 0 aliphatic rings. The highest BCUT2D eigenvalue weighted by atomic mass is 35.5. The number of nitro benzene ring substituents is 2. The van der Waals surface area contributed by atoms with E-state index in [1.54, 1.807) is 61.5 Å². The molecule has 4 aromatic rings. The fourth-order valence-corrected chi connectivity index (χ4v) is 3.23. The normalized spacial score (nSPS) is 9.76. The Morgan fingerprint density at radius 3 is 1.70 bits per heavy atom. The van der Waals surface area contributed by atoms with Crippen LogP contribution >= 0.6 is 23.2 Å². The topological polar surface area (TPSA) is 116 Å². The number of rotatable bonds is 4. The highest BCUT2D eigenvalue weighted by Crippen LogP contribution is 2.28. The van der Waals surface area contributed by atoms with Gasteiger partial charge in [-0.3, -0.25) is 20.2 Å². The number of phenols is 1. The molecule has 0 aromatic heterocycles. The Bertz CT molecular complexity index is 1380. The van der Waals surface area contributed by atoms with Crippen molar-refractivity contribution >= 4 is 34.6 Å². The van der Waals surface area contributed by atoms with Crippen molar-refractivity contribution in [3.8, 4) is 17.2 Å². The lowest BCUT2D eigenvalue weighted by Crippen LogP contribution is -1.92. The summed E-state index contributed by atoms with van der Waals surface area (Å²) in [6.45, 7) is 3.17. The third-order valence-corrected chi connectivity index (χ3v) is 5.03. The molecule has 0 heterocycles. The number of halogens is 3. The summed E-state index contributed by atoms with van der Waals surface area (Å²) in [5, 5.41) is 30.8. The second-order valence-corrected chi connectivity index (χ2v) is 8.31. The molecule has 4 aromatic carbocycles. The molecular formula is C26H21Cl2FN2O6. The molecule has 0 aliphatic carbocycles. The Morgan fingerprint density at radius 2 is 1.24 bits per heavy atom. The number of aryl methyl sites for hydroxylation is 2. The van der Waals surface area contributed by atoms with Crippen LogP contribution in [0.4, 0.5) is 15.8 Å². The minimum atomic E-state index is -0.533. The zero-order chi connectivity index (χ0) is 27.5. The van der Waals surface area contributed by atoms with E-state index in [1.165, 1.54) is 19.1 Å². The highest BCUT2D eigenvalue weighted by molar-refractivity contribution is 6.31. The summed E-state index contributed by atoms with van der Waals surface area (Å²) < 4.78 is 18.0. The van der Waals surface area contributed by atoms with Gasteiger partial charge in [-0.1, -0.05) is 35.3 Å². The standard InChI is InChI=1S/C13H10ClNO3.C7H6FNO2.C6H5ClO/c1-9-7-12(5-6-13(9)15(16)17)18-11-4-2-3-10(14)8-11;1-5-4-6(8)2-3-7(5)9(10)11;7-5-2-1-3-6(8)4-5/h2-8H,1H3;2-4H,1H3;1-4,8H. The predicted molar refractivity (Wildman–Crippen MR) is 140 cm³/mol. The van der Waals surface area contributed by atoms with Gasteiger partial charge in [0.2, 0.25) is 0 Å². The van der Waals surface area contributed by atoms with Gasteiger partial charge in [-0.25, -0.2) is 4.39 Å². The quantitative estimate of drug-likeness (QED) is 0.203. The minimum absolute atomic E-state index is 0.0496. The molecule has 0 spiro atoms. The Labute approximate surface area is 221 Å². The molecule has 0 bridgehead atoms. The van der Waals surface area contributed by atoms with Crippen LogP contribution in [0.1, 0.15) is 11.1 Å². The molecule has 11 heteroatoms. The van der Waals surface area contributed by atoms with E-state index in [2.05, 4.69) is 0 Å². The minimum Gasteiger partial charge on any atom is -0.508 e. The first kappa shape index (κ1) is 29.0. The van der Waals surface area contributed by atoms with Crippen LogP contribution in [-0.2, 0) is 0 Å². The van der Waals surface area contributed by atoms with E-state index in [1.807, 2.05) is 0 Å². The van der Waals surface area contributed by atoms with Gasteiger partial charge < -0.3 is 9.84 Å². The van der Waals surface area contributed by atoms with Gasteiger partial charge in [0.15, 0.2) is 0 Å². The number of hydrogen-bond donors (Lipinski definition) is 1. The van der Waals surface area contributed by atoms with Crippen LogP contribution in [0.5, 0.6) is 17.2 Å². The lowest BCUT2D eigenvalue weighted by Gasteiger charge is -2.06. The van der Waals surface area contributed by atoms with E-state index in [0.717, 1.165) is 18.2 Å². The molecule has 0 amide bonds. The zero-order valence-electron chi connectivity index (χ0n) is 19.6. The summed E-state index contributed by atoms with van der Waals surface area (Å²) in [5.74, 6) is 0.890. The fraction of sp³-hybridized carbons (Fsp3) is 0.0769. The number of phenolic OH excluding ortho intramolecular Hbond substituents is 1. The molecule has 0 fully saturated rings. The van der Waals surface area contributed by atoms with E-state index in [0.29, 0.717) is 32.7 Å². The van der Waals surface area contributed by atoms with Crippen molar-refractivity contribution in [2.75, 3.05) is 0 Å². The summed E-state index contributed by atoms with van der Waals surface area (Å²) in [6.07, 6.45) is 0. The Balaban J connectivity index is 0.000000215. The fourth-order valence-electron chi connectivity index (χ4n) is 2.86. The van der Waals surface area contributed by atoms with E-state index in [9.17, 15) is 24.6 Å². The molecule has 8 nitrogen and oxygen atoms in total. The van der Waals surface area contributed by atoms with Crippen molar-refractivity contribution in [1.82, 2.24) is 0 Å². The molecule has 1 N–H and O–H groups in total. The molecule has 0 radical (unpaired) electrons. The van der Waals surface area contributed by atoms with Gasteiger partial charge in [0.1, 0.15) is 23.1 Å². The highest BCUT2D eigenvalue weighted by Gasteiger charge is 2.11. The Kier molecular flexibility index (Phi) is 10.8. The number of aromatic hydroxyl groups is 1. The van der Waals surface area contributed by atoms with Crippen molar-refractivity contribution in [2.45, 2.75) is 13.8 Å². The molecule has 0 unspecified atom stereocenters. The molecule has 0 saturated carbocycles. The summed E-state index contributed by atoms with van der Waals surface area (Å²) in [4.78, 5) is 19.9. The van der Waals surface area contributed by atoms with Gasteiger partial charge in [0.25, 0.3) is 11.4 Å². The zero-order valence-corrected chi connectivity index (χ0v) is 21.1. The maximum Gasteiger partial charge on any atom is 0.272 e. The summed E-state index contributed by atoms with van der Waals surface area (Å²) in [5.41, 5.74) is 0.925. The van der Waals surface area contributed by atoms with Gasteiger partial charge in [-0.15, -0.1) is 0 Å². The molecule has 192 valence electrons. The van der Waals surface area contributed by atoms with Crippen LogP contribution in [0.25, 0.3) is 0 Å². The van der Waals surface area contributed by atoms with Crippen LogP contribution in [0.3, 0.4) is 0 Å². The Morgan fingerprint density at radius 1 is 0.730 bits per heavy atom. The number of ether oxygens (including phenoxy) is 1. The summed E-state index contributed by atoms with van der Waals surface area (Å²) in [6, 6.07) is 21.4. The third kappa shape index (κ3) is 9.75. The maximum atomic E-state index is 12.4. The number of nitro groups is 2. The molecule has 0 atom stereocenters. The Hall–Kier alpha value is -4.21. The second-order valence-electron chi connectivity index (χ2n) is 7.43. The first-order valence-corrected chi connectivity index (χ1v) is 11.3. The molecule has 0 aliphatic heterocycles. The van der Waals surface area contributed by atoms with Crippen molar-refractivity contribution in [3.63, 3.8) is 0 Å². The average Bonchev–Trinajstić information content (AvgIpc) is 2.79. The molecule has 4 rings (SSSR count). The number of benzene rings is 4. The van der Waals surface area contributed by atoms with Gasteiger partial charge in [-0.2, -0.15) is 0 Å². The maximum absolute atomic E-state index is 12.4. The molecule has 0 saturated heterocycles. The number of nitrogens with zero attached hydrogens (tertiary/aromatic N) is 2. The summed E-state index contributed by atoms with van der Waals surface area (Å²) in [7, 11) is 0. The first-order chi connectivity index (χ1) is 17.5. The monoisotopic (exact) mass is 546 g/mol. The van der Waals surface area contributed by atoms with E-state index in [4.69, 9.17) is 33.0 Å². The van der Waals surface area contributed by atoms with Crippen molar-refractivity contribution in [3.05, 3.63) is 132 Å². The van der Waals surface area contributed by atoms with E-state index in [-0.39, 0.29) is 17.1 Å². The largest absolute Gasteiger partial charge is 0.508 e. The van der Waals surface area contributed by atoms with Crippen LogP contribution in [0.2, 0.25) is 10.0 Å². The molecule has 37 heavy (non-hydrogen) atoms. The number of hydrogen-bond acceptors (Lipinski definition) is 6. The van der Waals surface area contributed by atoms with Gasteiger partial charge in [-0.05, 0) is 74.5 Å². The smallest absolute Gasteiger partial charge is 0.272 e. The summed E-state index contributed by atoms with van der Waals surface area (Å²) >= 11 is 11.3. The van der Waals surface area contributed by atoms with Crippen molar-refractivity contribution in [2.24, 2.45) is 0 Å². The van der Waals surface area contributed by atoms with Crippen LogP contribution < -0.4 is 4.74 Å². The van der Waals surface area contributed by atoms with Crippen molar-refractivity contribution < 1.29 is 24.1 Å². The SMILES string of the molecule is Cc1cc(F)ccc1[N+](=O)[O-].Cc1cc(Oc2cccc(Cl)c2)ccc1[N+](=O)[O-].Oc1cccc(Cl)c1. The predicted octanol–water partition coefficient (Wildman–Crippen LogP) is 8.44. The van der Waals surface area contributed by atoms with Crippen LogP contribution in [0, 0.1) is 39.9 Å². The third-order valence-electron chi connectivity index (χ3n) is 4.56. The van der Waals surface area contributed by atoms with Gasteiger partial charge in [0, 0.05) is 33.3 Å². The van der Waals surface area contributed by atoms with Gasteiger partial charge in [0.05, 0.1) is 9.85 Å². The second kappa shape index (κ2) is 13.8. The average molecular weight is 547 g/mol. The van der Waals surface area contributed by atoms with E-state index < -0.39 is 15.7 Å². The van der Waals surface area contributed by atoms with Crippen LogP contribution in [-0.4, -0.2) is 15.0 Å². The lowest BCUT2D eigenvalue weighted by atomic mass is 10.2. The van der Waals surface area contributed by atoms with Gasteiger partial charge >= 0.3 is 0 Å². The van der Waals surface area contributed by atoms with E-state index >= 15 is 0 Å². The first-order valence-electron chi connectivity index (χ1n) is 10.5. The van der Waals surface area contributed by atoms with Crippen molar-refractivity contribution in [1.29, 1.82) is 0 Å². The lowest BCUT2D eigenvalue weighted by molar-refractivity contribution is -0.385. The molecular weight excluding hydrogens is 526 g/mol.